The van der Waals surface area contributed by atoms with Gasteiger partial charge in [-0.1, -0.05) is 22.0 Å². The average Bonchev–Trinajstić information content (AvgIpc) is 2.42. The number of nitro benzene ring substituents is 1. The molecule has 4 nitrogen and oxygen atoms in total. The molecule has 0 aliphatic rings. The zero-order valence-corrected chi connectivity index (χ0v) is 12.4. The number of hydrogen-bond acceptors (Lipinski definition) is 3. The summed E-state index contributed by atoms with van der Waals surface area (Å²) in [7, 11) is 0. The van der Waals surface area contributed by atoms with Gasteiger partial charge in [-0.3, -0.25) is 10.1 Å². The molecule has 0 fully saturated rings. The van der Waals surface area contributed by atoms with Crippen LogP contribution in [0.1, 0.15) is 11.1 Å². The van der Waals surface area contributed by atoms with Crippen LogP contribution in [0.4, 0.5) is 14.5 Å². The van der Waals surface area contributed by atoms with Crippen LogP contribution in [0.3, 0.4) is 0 Å². The van der Waals surface area contributed by atoms with E-state index in [1.54, 1.807) is 12.1 Å². The molecule has 21 heavy (non-hydrogen) atoms. The number of rotatable bonds is 5. The Balaban J connectivity index is 2.04. The van der Waals surface area contributed by atoms with E-state index in [4.69, 9.17) is 0 Å². The lowest BCUT2D eigenvalue weighted by molar-refractivity contribution is -0.385. The molecule has 0 radical (unpaired) electrons. The highest BCUT2D eigenvalue weighted by molar-refractivity contribution is 9.10. The fraction of sp³-hybridized carbons (Fsp3) is 0.143. The average molecular weight is 357 g/mol. The Kier molecular flexibility index (Phi) is 4.98. The van der Waals surface area contributed by atoms with Crippen molar-refractivity contribution in [2.45, 2.75) is 13.1 Å². The first-order valence-electron chi connectivity index (χ1n) is 6.05. The van der Waals surface area contributed by atoms with E-state index in [2.05, 4.69) is 21.2 Å². The number of nitro groups is 1. The maximum Gasteiger partial charge on any atom is 0.273 e. The molecule has 7 heteroatoms. The van der Waals surface area contributed by atoms with Gasteiger partial charge in [-0.2, -0.15) is 0 Å². The van der Waals surface area contributed by atoms with Crippen LogP contribution in [-0.4, -0.2) is 4.92 Å². The third kappa shape index (κ3) is 4.05. The van der Waals surface area contributed by atoms with E-state index in [0.29, 0.717) is 11.1 Å². The van der Waals surface area contributed by atoms with Crippen LogP contribution in [0.2, 0.25) is 0 Å². The van der Waals surface area contributed by atoms with Gasteiger partial charge >= 0.3 is 0 Å². The van der Waals surface area contributed by atoms with Crippen molar-refractivity contribution in [3.63, 3.8) is 0 Å². The highest BCUT2D eigenvalue weighted by Gasteiger charge is 2.13. The molecule has 0 aromatic heterocycles. The van der Waals surface area contributed by atoms with Crippen LogP contribution >= 0.6 is 15.9 Å². The monoisotopic (exact) mass is 356 g/mol. The molecule has 2 aromatic rings. The predicted molar refractivity (Wildman–Crippen MR) is 77.7 cm³/mol. The summed E-state index contributed by atoms with van der Waals surface area (Å²) in [6.07, 6.45) is 0. The van der Waals surface area contributed by atoms with Gasteiger partial charge in [-0.25, -0.2) is 8.78 Å². The number of nitrogens with one attached hydrogen (secondary N) is 1. The second-order valence-electron chi connectivity index (χ2n) is 4.38. The van der Waals surface area contributed by atoms with E-state index < -0.39 is 16.6 Å². The molecular weight excluding hydrogens is 346 g/mol. The van der Waals surface area contributed by atoms with Crippen molar-refractivity contribution in [1.82, 2.24) is 5.32 Å². The van der Waals surface area contributed by atoms with E-state index in [1.165, 1.54) is 12.1 Å². The predicted octanol–water partition coefficient (Wildman–Crippen LogP) is 3.93. The van der Waals surface area contributed by atoms with Crippen LogP contribution in [0, 0.1) is 21.7 Å². The molecule has 0 amide bonds. The Morgan fingerprint density at radius 3 is 2.52 bits per heavy atom. The summed E-state index contributed by atoms with van der Waals surface area (Å²) in [4.78, 5) is 10.5. The molecule has 0 spiro atoms. The molecule has 0 aliphatic heterocycles. The van der Waals surface area contributed by atoms with Gasteiger partial charge in [0.1, 0.15) is 0 Å². The van der Waals surface area contributed by atoms with Crippen LogP contribution in [0.15, 0.2) is 40.9 Å². The molecule has 0 saturated carbocycles. The first-order valence-corrected chi connectivity index (χ1v) is 6.84. The van der Waals surface area contributed by atoms with E-state index in [-0.39, 0.29) is 18.8 Å². The lowest BCUT2D eigenvalue weighted by atomic mass is 10.1. The second kappa shape index (κ2) is 6.73. The minimum Gasteiger partial charge on any atom is -0.308 e. The summed E-state index contributed by atoms with van der Waals surface area (Å²) in [5, 5.41) is 13.9. The highest BCUT2D eigenvalue weighted by atomic mass is 79.9. The second-order valence-corrected chi connectivity index (χ2v) is 5.30. The molecule has 0 bridgehead atoms. The van der Waals surface area contributed by atoms with Crippen LogP contribution < -0.4 is 5.32 Å². The lowest BCUT2D eigenvalue weighted by Gasteiger charge is -2.07. The first kappa shape index (κ1) is 15.5. The summed E-state index contributed by atoms with van der Waals surface area (Å²) >= 11 is 3.26. The van der Waals surface area contributed by atoms with Crippen molar-refractivity contribution >= 4 is 21.6 Å². The SMILES string of the molecule is O=[N+]([O-])c1ccc(Br)cc1CNCc1ccc(F)c(F)c1. The zero-order chi connectivity index (χ0) is 15.4. The number of hydrogen-bond donors (Lipinski definition) is 1. The van der Waals surface area contributed by atoms with Crippen molar-refractivity contribution in [3.8, 4) is 0 Å². The molecule has 0 heterocycles. The largest absolute Gasteiger partial charge is 0.308 e. The minimum absolute atomic E-state index is 0.0102. The molecule has 2 aromatic carbocycles. The Morgan fingerprint density at radius 1 is 1.10 bits per heavy atom. The fourth-order valence-corrected chi connectivity index (χ4v) is 2.27. The molecule has 1 N–H and O–H groups in total. The Hall–Kier alpha value is -1.86. The molecule has 0 atom stereocenters. The molecule has 2 rings (SSSR count). The number of benzene rings is 2. The minimum atomic E-state index is -0.914. The Morgan fingerprint density at radius 2 is 1.86 bits per heavy atom. The number of nitrogens with zero attached hydrogens (tertiary/aromatic N) is 1. The molecule has 0 aliphatic carbocycles. The standard InChI is InChI=1S/C14H11BrF2N2O2/c15-11-2-4-14(19(20)21)10(6-11)8-18-7-9-1-3-12(16)13(17)5-9/h1-6,18H,7-8H2. The fourth-order valence-electron chi connectivity index (χ4n) is 1.86. The van der Waals surface area contributed by atoms with E-state index in [1.807, 2.05) is 0 Å². The Labute approximate surface area is 128 Å². The van der Waals surface area contributed by atoms with Crippen molar-refractivity contribution in [2.75, 3.05) is 0 Å². The van der Waals surface area contributed by atoms with Gasteiger partial charge in [-0.05, 0) is 29.8 Å². The van der Waals surface area contributed by atoms with Gasteiger partial charge in [0, 0.05) is 29.2 Å². The lowest BCUT2D eigenvalue weighted by Crippen LogP contribution is -2.14. The summed E-state index contributed by atoms with van der Waals surface area (Å²) < 4.78 is 26.6. The molecule has 0 unspecified atom stereocenters. The van der Waals surface area contributed by atoms with Gasteiger partial charge in [0.05, 0.1) is 4.92 Å². The molecule has 0 saturated heterocycles. The summed E-state index contributed by atoms with van der Waals surface area (Å²) in [5.41, 5.74) is 1.08. The van der Waals surface area contributed by atoms with Crippen molar-refractivity contribution in [3.05, 3.63) is 73.7 Å². The summed E-state index contributed by atoms with van der Waals surface area (Å²) in [6, 6.07) is 8.26. The van der Waals surface area contributed by atoms with Gasteiger partial charge in [0.2, 0.25) is 0 Å². The topological polar surface area (TPSA) is 55.2 Å². The normalized spacial score (nSPS) is 10.6. The highest BCUT2D eigenvalue weighted by Crippen LogP contribution is 2.23. The van der Waals surface area contributed by atoms with Crippen molar-refractivity contribution < 1.29 is 13.7 Å². The number of halogens is 3. The Bertz CT molecular complexity index is 680. The smallest absolute Gasteiger partial charge is 0.273 e. The van der Waals surface area contributed by atoms with E-state index in [0.717, 1.165) is 16.6 Å². The van der Waals surface area contributed by atoms with Gasteiger partial charge < -0.3 is 5.32 Å². The third-order valence-corrected chi connectivity index (χ3v) is 3.36. The first-order chi connectivity index (χ1) is 9.97. The quantitative estimate of drug-likeness (QED) is 0.652. The summed E-state index contributed by atoms with van der Waals surface area (Å²) in [5.74, 6) is -1.82. The van der Waals surface area contributed by atoms with E-state index in [9.17, 15) is 18.9 Å². The maximum atomic E-state index is 13.1. The van der Waals surface area contributed by atoms with Crippen LogP contribution in [0.25, 0.3) is 0 Å². The zero-order valence-electron chi connectivity index (χ0n) is 10.8. The molecule has 110 valence electrons. The van der Waals surface area contributed by atoms with Gasteiger partial charge in [0.25, 0.3) is 5.69 Å². The summed E-state index contributed by atoms with van der Waals surface area (Å²) in [6.45, 7) is 0.523. The van der Waals surface area contributed by atoms with E-state index >= 15 is 0 Å². The van der Waals surface area contributed by atoms with Crippen LogP contribution in [0.5, 0.6) is 0 Å². The van der Waals surface area contributed by atoms with Crippen molar-refractivity contribution in [1.29, 1.82) is 0 Å². The van der Waals surface area contributed by atoms with Gasteiger partial charge in [0.15, 0.2) is 11.6 Å². The molecular formula is C14H11BrF2N2O2. The van der Waals surface area contributed by atoms with Gasteiger partial charge in [-0.15, -0.1) is 0 Å². The van der Waals surface area contributed by atoms with Crippen LogP contribution in [-0.2, 0) is 13.1 Å². The maximum absolute atomic E-state index is 13.1. The van der Waals surface area contributed by atoms with Crippen molar-refractivity contribution in [2.24, 2.45) is 0 Å². The third-order valence-electron chi connectivity index (χ3n) is 2.87.